The van der Waals surface area contributed by atoms with E-state index in [0.29, 0.717) is 31.5 Å². The van der Waals surface area contributed by atoms with Crippen LogP contribution in [0.5, 0.6) is 0 Å². The van der Waals surface area contributed by atoms with Crippen LogP contribution >= 0.6 is 0 Å². The van der Waals surface area contributed by atoms with Gasteiger partial charge in [-0.1, -0.05) is 42.5 Å². The zero-order valence-electron chi connectivity index (χ0n) is 19.0. The van der Waals surface area contributed by atoms with Gasteiger partial charge in [-0.3, -0.25) is 14.4 Å². The lowest BCUT2D eigenvalue weighted by atomic mass is 9.68. The Bertz CT molecular complexity index is 1090. The number of hydrogen-bond acceptors (Lipinski definition) is 3. The molecule has 1 fully saturated rings. The number of carbonyl (C=O) groups excluding carboxylic acids is 2. The summed E-state index contributed by atoms with van der Waals surface area (Å²) in [6.45, 7) is 6.45. The first-order valence-corrected chi connectivity index (χ1v) is 11.1. The molecule has 2 atom stereocenters. The highest BCUT2D eigenvalue weighted by Crippen LogP contribution is 2.46. The average Bonchev–Trinajstić information content (AvgIpc) is 3.14. The lowest BCUT2D eigenvalue weighted by Crippen LogP contribution is -2.45. The minimum absolute atomic E-state index is 0.0180. The van der Waals surface area contributed by atoms with E-state index in [1.807, 2.05) is 30.3 Å². The van der Waals surface area contributed by atoms with Crippen molar-refractivity contribution in [3.63, 3.8) is 0 Å². The predicted molar refractivity (Wildman–Crippen MR) is 123 cm³/mol. The van der Waals surface area contributed by atoms with Crippen molar-refractivity contribution < 1.29 is 28.3 Å². The number of likely N-dealkylation sites (tertiary alicyclic amines) is 1. The van der Waals surface area contributed by atoms with Gasteiger partial charge in [0.15, 0.2) is 11.6 Å². The SMILES string of the molecule is C=C(C)C1(C(CCNC(=O)c2ccc(F)c(F)c2)C(=O)O)CCN(CCc2ccccc2)C1=O. The Morgan fingerprint density at radius 2 is 1.88 bits per heavy atom. The van der Waals surface area contributed by atoms with Crippen LogP contribution in [0.4, 0.5) is 8.78 Å². The smallest absolute Gasteiger partial charge is 0.307 e. The second-order valence-electron chi connectivity index (χ2n) is 8.59. The molecule has 180 valence electrons. The number of halogens is 2. The maximum atomic E-state index is 13.5. The molecular weight excluding hydrogens is 442 g/mol. The number of nitrogens with one attached hydrogen (secondary N) is 1. The first-order valence-electron chi connectivity index (χ1n) is 11.1. The van der Waals surface area contributed by atoms with Crippen LogP contribution in [0.2, 0.25) is 0 Å². The minimum Gasteiger partial charge on any atom is -0.481 e. The number of hydrogen-bond donors (Lipinski definition) is 2. The molecule has 1 aliphatic heterocycles. The molecule has 1 saturated heterocycles. The van der Waals surface area contributed by atoms with Crippen molar-refractivity contribution in [3.8, 4) is 0 Å². The Morgan fingerprint density at radius 1 is 1.18 bits per heavy atom. The molecule has 2 unspecified atom stereocenters. The van der Waals surface area contributed by atoms with Gasteiger partial charge in [0.1, 0.15) is 0 Å². The molecule has 2 aromatic carbocycles. The number of carboxylic acid groups (broad SMARTS) is 1. The lowest BCUT2D eigenvalue weighted by Gasteiger charge is -2.34. The van der Waals surface area contributed by atoms with Gasteiger partial charge in [-0.15, -0.1) is 0 Å². The highest BCUT2D eigenvalue weighted by atomic mass is 19.2. The molecule has 0 aromatic heterocycles. The fourth-order valence-corrected chi connectivity index (χ4v) is 4.59. The summed E-state index contributed by atoms with van der Waals surface area (Å²) in [6.07, 6.45) is 0.959. The third-order valence-corrected chi connectivity index (χ3v) is 6.51. The number of nitrogens with zero attached hydrogens (tertiary/aromatic N) is 1. The number of rotatable bonds is 10. The van der Waals surface area contributed by atoms with Crippen LogP contribution in [0.3, 0.4) is 0 Å². The van der Waals surface area contributed by atoms with E-state index in [9.17, 15) is 28.3 Å². The van der Waals surface area contributed by atoms with Gasteiger partial charge in [0.2, 0.25) is 5.91 Å². The fourth-order valence-electron chi connectivity index (χ4n) is 4.59. The molecule has 0 radical (unpaired) electrons. The van der Waals surface area contributed by atoms with Crippen LogP contribution in [0.25, 0.3) is 0 Å². The molecule has 8 heteroatoms. The number of carbonyl (C=O) groups is 3. The molecular formula is C26H28F2N2O4. The molecule has 34 heavy (non-hydrogen) atoms. The van der Waals surface area contributed by atoms with Gasteiger partial charge in [0.25, 0.3) is 5.91 Å². The maximum absolute atomic E-state index is 13.5. The van der Waals surface area contributed by atoms with Crippen molar-refractivity contribution in [1.29, 1.82) is 0 Å². The normalized spacial score (nSPS) is 18.6. The molecule has 1 heterocycles. The Labute approximate surface area is 197 Å². The van der Waals surface area contributed by atoms with Crippen molar-refractivity contribution in [2.75, 3.05) is 19.6 Å². The second kappa shape index (κ2) is 10.6. The van der Waals surface area contributed by atoms with Gasteiger partial charge < -0.3 is 15.3 Å². The number of carboxylic acids is 1. The summed E-state index contributed by atoms with van der Waals surface area (Å²) in [5.74, 6) is -5.38. The Kier molecular flexibility index (Phi) is 7.81. The van der Waals surface area contributed by atoms with E-state index in [0.717, 1.165) is 23.8 Å². The van der Waals surface area contributed by atoms with Gasteiger partial charge in [0.05, 0.1) is 11.3 Å². The maximum Gasteiger partial charge on any atom is 0.307 e. The quantitative estimate of drug-likeness (QED) is 0.517. The summed E-state index contributed by atoms with van der Waals surface area (Å²) in [7, 11) is 0. The molecule has 0 aliphatic carbocycles. The summed E-state index contributed by atoms with van der Waals surface area (Å²) in [5.41, 5.74) is 0.205. The number of aliphatic carboxylic acids is 1. The molecule has 1 aliphatic rings. The van der Waals surface area contributed by atoms with E-state index in [2.05, 4.69) is 11.9 Å². The standard InChI is InChI=1S/C26H28F2N2O4/c1-17(2)26(12-15-30(25(26)34)14-11-18-6-4-3-5-7-18)20(24(32)33)10-13-29-23(31)19-8-9-21(27)22(28)16-19/h3-9,16,20H,1,10-15H2,2H3,(H,29,31)(H,32,33). The molecule has 3 rings (SSSR count). The van der Waals surface area contributed by atoms with Crippen molar-refractivity contribution in [1.82, 2.24) is 10.2 Å². The van der Waals surface area contributed by atoms with Crippen molar-refractivity contribution in [2.45, 2.75) is 26.2 Å². The molecule has 0 bridgehead atoms. The average molecular weight is 471 g/mol. The molecule has 2 N–H and O–H groups in total. The van der Waals surface area contributed by atoms with Gasteiger partial charge in [-0.25, -0.2) is 8.78 Å². The Hall–Kier alpha value is -3.55. The summed E-state index contributed by atoms with van der Waals surface area (Å²) in [4.78, 5) is 39.7. The zero-order chi connectivity index (χ0) is 24.9. The van der Waals surface area contributed by atoms with E-state index in [1.165, 1.54) is 0 Å². The van der Waals surface area contributed by atoms with Crippen LogP contribution in [0, 0.1) is 23.0 Å². The summed E-state index contributed by atoms with van der Waals surface area (Å²) >= 11 is 0. The zero-order valence-corrected chi connectivity index (χ0v) is 19.0. The number of benzene rings is 2. The molecule has 2 aromatic rings. The van der Waals surface area contributed by atoms with Gasteiger partial charge >= 0.3 is 5.97 Å². The van der Waals surface area contributed by atoms with E-state index in [1.54, 1.807) is 11.8 Å². The first-order chi connectivity index (χ1) is 16.2. The third kappa shape index (κ3) is 5.16. The summed E-state index contributed by atoms with van der Waals surface area (Å²) < 4.78 is 26.5. The molecule has 2 amide bonds. The second-order valence-corrected chi connectivity index (χ2v) is 8.59. The molecule has 0 spiro atoms. The topological polar surface area (TPSA) is 86.7 Å². The molecule has 0 saturated carbocycles. The summed E-state index contributed by atoms with van der Waals surface area (Å²) in [5, 5.41) is 12.5. The van der Waals surface area contributed by atoms with E-state index < -0.39 is 34.8 Å². The predicted octanol–water partition coefficient (Wildman–Crippen LogP) is 3.82. The van der Waals surface area contributed by atoms with Crippen LogP contribution in [0.1, 0.15) is 35.7 Å². The Morgan fingerprint density at radius 3 is 2.50 bits per heavy atom. The summed E-state index contributed by atoms with van der Waals surface area (Å²) in [6, 6.07) is 12.5. The fraction of sp³-hybridized carbons (Fsp3) is 0.346. The van der Waals surface area contributed by atoms with Gasteiger partial charge in [-0.05, 0) is 49.9 Å². The monoisotopic (exact) mass is 470 g/mol. The van der Waals surface area contributed by atoms with Crippen molar-refractivity contribution >= 4 is 17.8 Å². The third-order valence-electron chi connectivity index (χ3n) is 6.51. The highest BCUT2D eigenvalue weighted by molar-refractivity contribution is 5.94. The first kappa shape index (κ1) is 25.1. The van der Waals surface area contributed by atoms with Crippen molar-refractivity contribution in [3.05, 3.63) is 83.4 Å². The van der Waals surface area contributed by atoms with E-state index >= 15 is 0 Å². The van der Waals surface area contributed by atoms with E-state index in [4.69, 9.17) is 0 Å². The van der Waals surface area contributed by atoms with Crippen LogP contribution in [0.15, 0.2) is 60.7 Å². The minimum atomic E-state index is -1.27. The number of amides is 2. The van der Waals surface area contributed by atoms with Crippen LogP contribution in [-0.2, 0) is 16.0 Å². The lowest BCUT2D eigenvalue weighted by molar-refractivity contribution is -0.152. The molecule has 6 nitrogen and oxygen atoms in total. The van der Waals surface area contributed by atoms with Gasteiger partial charge in [0, 0.05) is 25.2 Å². The van der Waals surface area contributed by atoms with E-state index in [-0.39, 0.29) is 24.4 Å². The van der Waals surface area contributed by atoms with Crippen LogP contribution < -0.4 is 5.32 Å². The van der Waals surface area contributed by atoms with Crippen molar-refractivity contribution in [2.24, 2.45) is 11.3 Å². The highest BCUT2D eigenvalue weighted by Gasteiger charge is 2.54. The largest absolute Gasteiger partial charge is 0.481 e. The Balaban J connectivity index is 1.69. The van der Waals surface area contributed by atoms with Crippen LogP contribution in [-0.4, -0.2) is 47.4 Å². The van der Waals surface area contributed by atoms with Gasteiger partial charge in [-0.2, -0.15) is 0 Å².